The molecular formula is C14H22O3. The highest BCUT2D eigenvalue weighted by Crippen LogP contribution is 2.24. The molecule has 0 aromatic heterocycles. The van der Waals surface area contributed by atoms with Crippen LogP contribution in [0, 0.1) is 0 Å². The molecule has 0 radical (unpaired) electrons. The van der Waals surface area contributed by atoms with E-state index in [2.05, 4.69) is 0 Å². The van der Waals surface area contributed by atoms with Gasteiger partial charge in [-0.05, 0) is 25.8 Å². The zero-order valence-electron chi connectivity index (χ0n) is 10.8. The van der Waals surface area contributed by atoms with Gasteiger partial charge in [0.1, 0.15) is 12.2 Å². The molecular weight excluding hydrogens is 216 g/mol. The summed E-state index contributed by atoms with van der Waals surface area (Å²) in [6, 6.07) is 9.88. The summed E-state index contributed by atoms with van der Waals surface area (Å²) in [4.78, 5) is 10.5. The highest BCUT2D eigenvalue weighted by molar-refractivity contribution is 5.20. The quantitative estimate of drug-likeness (QED) is 0.586. The third-order valence-corrected chi connectivity index (χ3v) is 2.62. The van der Waals surface area contributed by atoms with E-state index < -0.39 is 11.7 Å². The summed E-state index contributed by atoms with van der Waals surface area (Å²) in [6.45, 7) is 6.12. The average Bonchev–Trinajstić information content (AvgIpc) is 2.30. The van der Waals surface area contributed by atoms with Gasteiger partial charge in [0.25, 0.3) is 0 Å². The van der Waals surface area contributed by atoms with Crippen LogP contribution in [-0.4, -0.2) is 17.8 Å². The molecule has 1 atom stereocenters. The number of aliphatic hydroxyl groups is 1. The molecule has 3 nitrogen and oxygen atoms in total. The van der Waals surface area contributed by atoms with Gasteiger partial charge in [0, 0.05) is 0 Å². The van der Waals surface area contributed by atoms with Gasteiger partial charge in [0.15, 0.2) is 0 Å². The first kappa shape index (κ1) is 14.2. The molecule has 0 aliphatic carbocycles. The van der Waals surface area contributed by atoms with Crippen molar-refractivity contribution in [3.05, 3.63) is 35.9 Å². The lowest BCUT2D eigenvalue weighted by Crippen LogP contribution is -2.25. The lowest BCUT2D eigenvalue weighted by molar-refractivity contribution is -0.365. The first-order valence-corrected chi connectivity index (χ1v) is 6.10. The van der Waals surface area contributed by atoms with Crippen LogP contribution in [0.1, 0.15) is 39.2 Å². The summed E-state index contributed by atoms with van der Waals surface area (Å²) in [5, 5.41) is 9.51. The lowest BCUT2D eigenvalue weighted by atomic mass is 9.99. The minimum Gasteiger partial charge on any atom is -0.391 e. The Kier molecular flexibility index (Phi) is 5.62. The Bertz CT molecular complexity index is 309. The normalized spacial score (nSPS) is 13.6. The van der Waals surface area contributed by atoms with Gasteiger partial charge in [-0.1, -0.05) is 43.7 Å². The van der Waals surface area contributed by atoms with Gasteiger partial charge >= 0.3 is 0 Å². The molecule has 1 unspecified atom stereocenters. The highest BCUT2D eigenvalue weighted by atomic mass is 17.2. The third kappa shape index (κ3) is 4.86. The Morgan fingerprint density at radius 2 is 1.88 bits per heavy atom. The van der Waals surface area contributed by atoms with E-state index in [1.54, 1.807) is 0 Å². The van der Waals surface area contributed by atoms with Crippen LogP contribution in [0.3, 0.4) is 0 Å². The maximum Gasteiger partial charge on any atom is 0.123 e. The number of aliphatic hydroxyl groups excluding tert-OH is 1. The third-order valence-electron chi connectivity index (χ3n) is 2.62. The fourth-order valence-electron chi connectivity index (χ4n) is 1.56. The minimum absolute atomic E-state index is 0.212. The smallest absolute Gasteiger partial charge is 0.123 e. The van der Waals surface area contributed by atoms with Crippen LogP contribution in [-0.2, 0) is 15.4 Å². The molecule has 0 bridgehead atoms. The molecule has 0 saturated carbocycles. The van der Waals surface area contributed by atoms with Gasteiger partial charge in [0.2, 0.25) is 0 Å². The van der Waals surface area contributed by atoms with Crippen molar-refractivity contribution in [3.63, 3.8) is 0 Å². The van der Waals surface area contributed by atoms with E-state index in [9.17, 15) is 5.11 Å². The zero-order valence-corrected chi connectivity index (χ0v) is 10.8. The van der Waals surface area contributed by atoms with Crippen molar-refractivity contribution >= 4 is 0 Å². The summed E-state index contributed by atoms with van der Waals surface area (Å²) in [5.41, 5.74) is 0.540. The van der Waals surface area contributed by atoms with Gasteiger partial charge in [-0.3, -0.25) is 0 Å². The fraction of sp³-hybridized carbons (Fsp3) is 0.571. The summed E-state index contributed by atoms with van der Waals surface area (Å²) >= 11 is 0. The SMILES string of the molecule is CCCC(O)COOC(C)(C)c1ccccc1. The molecule has 0 amide bonds. The maximum atomic E-state index is 9.51. The molecule has 1 aromatic carbocycles. The van der Waals surface area contributed by atoms with Gasteiger partial charge in [0.05, 0.1) is 6.10 Å². The standard InChI is InChI=1S/C14H22O3/c1-4-8-13(15)11-16-17-14(2,3)12-9-6-5-7-10-12/h5-7,9-10,13,15H,4,8,11H2,1-3H3. The Hall–Kier alpha value is -0.900. The first-order chi connectivity index (χ1) is 8.06. The molecule has 0 fully saturated rings. The molecule has 0 heterocycles. The minimum atomic E-state index is -0.507. The number of benzene rings is 1. The predicted octanol–water partition coefficient (Wildman–Crippen LogP) is 3.03. The molecule has 3 heteroatoms. The summed E-state index contributed by atoms with van der Waals surface area (Å²) < 4.78 is 0. The monoisotopic (exact) mass is 238 g/mol. The maximum absolute atomic E-state index is 9.51. The molecule has 1 N–H and O–H groups in total. The van der Waals surface area contributed by atoms with Crippen LogP contribution in [0.2, 0.25) is 0 Å². The molecule has 0 spiro atoms. The molecule has 17 heavy (non-hydrogen) atoms. The van der Waals surface area contributed by atoms with E-state index in [0.29, 0.717) is 0 Å². The molecule has 1 aromatic rings. The molecule has 96 valence electrons. The Balaban J connectivity index is 2.40. The fourth-order valence-corrected chi connectivity index (χ4v) is 1.56. The molecule has 0 aliphatic heterocycles. The van der Waals surface area contributed by atoms with Crippen molar-refractivity contribution in [1.82, 2.24) is 0 Å². The van der Waals surface area contributed by atoms with E-state index in [-0.39, 0.29) is 6.61 Å². The van der Waals surface area contributed by atoms with E-state index in [0.717, 1.165) is 18.4 Å². The summed E-state index contributed by atoms with van der Waals surface area (Å²) in [5.74, 6) is 0. The topological polar surface area (TPSA) is 38.7 Å². The van der Waals surface area contributed by atoms with E-state index >= 15 is 0 Å². The second-order valence-electron chi connectivity index (χ2n) is 4.69. The van der Waals surface area contributed by atoms with Crippen LogP contribution in [0.25, 0.3) is 0 Å². The predicted molar refractivity (Wildman–Crippen MR) is 67.4 cm³/mol. The van der Waals surface area contributed by atoms with Crippen molar-refractivity contribution < 1.29 is 14.9 Å². The van der Waals surface area contributed by atoms with E-state index in [1.807, 2.05) is 51.1 Å². The Morgan fingerprint density at radius 3 is 2.47 bits per heavy atom. The van der Waals surface area contributed by atoms with Crippen LogP contribution >= 0.6 is 0 Å². The van der Waals surface area contributed by atoms with Gasteiger partial charge < -0.3 is 5.11 Å². The summed E-state index contributed by atoms with van der Waals surface area (Å²) in [6.07, 6.45) is 1.22. The molecule has 0 saturated heterocycles. The van der Waals surface area contributed by atoms with Gasteiger partial charge in [-0.2, -0.15) is 0 Å². The zero-order chi connectivity index (χ0) is 12.7. The largest absolute Gasteiger partial charge is 0.391 e. The van der Waals surface area contributed by atoms with E-state index in [4.69, 9.17) is 9.78 Å². The lowest BCUT2D eigenvalue weighted by Gasteiger charge is -2.24. The first-order valence-electron chi connectivity index (χ1n) is 6.10. The van der Waals surface area contributed by atoms with Crippen molar-refractivity contribution in [1.29, 1.82) is 0 Å². The molecule has 1 rings (SSSR count). The molecule has 0 aliphatic rings. The Morgan fingerprint density at radius 1 is 1.24 bits per heavy atom. The van der Waals surface area contributed by atoms with Gasteiger partial charge in [-0.15, -0.1) is 0 Å². The summed E-state index contributed by atoms with van der Waals surface area (Å²) in [7, 11) is 0. The number of hydrogen-bond acceptors (Lipinski definition) is 3. The second kappa shape index (κ2) is 6.74. The van der Waals surface area contributed by atoms with Crippen molar-refractivity contribution in [2.24, 2.45) is 0 Å². The second-order valence-corrected chi connectivity index (χ2v) is 4.69. The van der Waals surface area contributed by atoms with Crippen LogP contribution < -0.4 is 0 Å². The van der Waals surface area contributed by atoms with Crippen LogP contribution in [0.15, 0.2) is 30.3 Å². The number of rotatable bonds is 7. The number of hydrogen-bond donors (Lipinski definition) is 1. The Labute approximate surface area is 103 Å². The van der Waals surface area contributed by atoms with Crippen LogP contribution in [0.4, 0.5) is 0 Å². The highest BCUT2D eigenvalue weighted by Gasteiger charge is 2.22. The van der Waals surface area contributed by atoms with Crippen molar-refractivity contribution in [2.45, 2.75) is 45.3 Å². The van der Waals surface area contributed by atoms with Crippen molar-refractivity contribution in [3.8, 4) is 0 Å². The van der Waals surface area contributed by atoms with Crippen molar-refractivity contribution in [2.75, 3.05) is 6.61 Å². The van der Waals surface area contributed by atoms with E-state index in [1.165, 1.54) is 0 Å². The average molecular weight is 238 g/mol. The van der Waals surface area contributed by atoms with Gasteiger partial charge in [-0.25, -0.2) is 9.78 Å². The van der Waals surface area contributed by atoms with Crippen LogP contribution in [0.5, 0.6) is 0 Å².